The molecule has 1 atom stereocenters. The van der Waals surface area contributed by atoms with Crippen LogP contribution >= 0.6 is 0 Å². The highest BCUT2D eigenvalue weighted by Crippen LogP contribution is 2.38. The van der Waals surface area contributed by atoms with Crippen molar-refractivity contribution in [3.8, 4) is 0 Å². The average Bonchev–Trinajstić information content (AvgIpc) is 2.50. The summed E-state index contributed by atoms with van der Waals surface area (Å²) in [7, 11) is 0. The predicted molar refractivity (Wildman–Crippen MR) is 73.5 cm³/mol. The van der Waals surface area contributed by atoms with Gasteiger partial charge in [0.05, 0.1) is 0 Å². The summed E-state index contributed by atoms with van der Waals surface area (Å²) in [6.07, 6.45) is 7.32. The van der Waals surface area contributed by atoms with Crippen LogP contribution in [0, 0.1) is 5.92 Å². The Balaban J connectivity index is 2.52. The molecule has 1 heteroatoms. The Morgan fingerprint density at radius 3 is 2.59 bits per heavy atom. The van der Waals surface area contributed by atoms with Gasteiger partial charge in [0.15, 0.2) is 0 Å². The van der Waals surface area contributed by atoms with Gasteiger partial charge in [0, 0.05) is 11.9 Å². The Morgan fingerprint density at radius 2 is 1.94 bits per heavy atom. The molecule has 1 nitrogen and oxygen atoms in total. The number of aryl methyl sites for hydroxylation is 1. The van der Waals surface area contributed by atoms with Crippen LogP contribution in [-0.2, 0) is 6.42 Å². The minimum atomic E-state index is 0.546. The lowest BCUT2D eigenvalue weighted by atomic mass is 9.81. The maximum Gasteiger partial charge on any atom is 0.0466 e. The Morgan fingerprint density at radius 1 is 1.18 bits per heavy atom. The van der Waals surface area contributed by atoms with Gasteiger partial charge in [-0.3, -0.25) is 4.98 Å². The first-order chi connectivity index (χ1) is 8.11. The molecule has 0 aliphatic heterocycles. The molecule has 1 aromatic rings. The molecule has 0 saturated heterocycles. The van der Waals surface area contributed by atoms with E-state index in [9.17, 15) is 0 Å². The predicted octanol–water partition coefficient (Wildman–Crippen LogP) is 4.67. The lowest BCUT2D eigenvalue weighted by Gasteiger charge is -2.25. The molecule has 1 heterocycles. The summed E-state index contributed by atoms with van der Waals surface area (Å²) >= 11 is 0. The molecule has 0 N–H and O–H groups in total. The van der Waals surface area contributed by atoms with Crippen molar-refractivity contribution >= 4 is 0 Å². The normalized spacial score (nSPS) is 20.5. The summed E-state index contributed by atoms with van der Waals surface area (Å²) in [5, 5.41) is 0. The number of fused-ring (bicyclic) bond motifs is 1. The number of rotatable bonds is 2. The van der Waals surface area contributed by atoms with E-state index in [0.717, 1.165) is 11.8 Å². The third-order valence-electron chi connectivity index (χ3n) is 4.04. The van der Waals surface area contributed by atoms with Gasteiger partial charge in [-0.15, -0.1) is 0 Å². The first kappa shape index (κ1) is 12.6. The zero-order valence-electron chi connectivity index (χ0n) is 11.7. The maximum absolute atomic E-state index is 4.67. The van der Waals surface area contributed by atoms with E-state index >= 15 is 0 Å². The van der Waals surface area contributed by atoms with Gasteiger partial charge in [-0.1, -0.05) is 34.1 Å². The smallest absolute Gasteiger partial charge is 0.0466 e. The van der Waals surface area contributed by atoms with Crippen LogP contribution < -0.4 is 0 Å². The Hall–Kier alpha value is -0.850. The fourth-order valence-corrected chi connectivity index (χ4v) is 3.13. The van der Waals surface area contributed by atoms with Crippen molar-refractivity contribution in [3.05, 3.63) is 29.1 Å². The third kappa shape index (κ3) is 2.53. The molecule has 17 heavy (non-hydrogen) atoms. The van der Waals surface area contributed by atoms with Crippen LogP contribution in [0.3, 0.4) is 0 Å². The maximum atomic E-state index is 4.67. The van der Waals surface area contributed by atoms with Crippen LogP contribution in [-0.4, -0.2) is 4.98 Å². The minimum absolute atomic E-state index is 0.546. The van der Waals surface area contributed by atoms with E-state index in [1.54, 1.807) is 11.1 Å². The topological polar surface area (TPSA) is 12.9 Å². The standard InChI is InChI=1S/C16H25N/c1-11(2)14-8-6-5-7-13-9-10-17-16(12(3)4)15(13)14/h9-12,14H,5-8H2,1-4H3. The Bertz CT molecular complexity index is 379. The summed E-state index contributed by atoms with van der Waals surface area (Å²) in [4.78, 5) is 4.67. The molecule has 94 valence electrons. The highest BCUT2D eigenvalue weighted by molar-refractivity contribution is 5.36. The number of pyridine rings is 1. The summed E-state index contributed by atoms with van der Waals surface area (Å²) in [5.41, 5.74) is 4.51. The second kappa shape index (κ2) is 5.20. The zero-order chi connectivity index (χ0) is 12.4. The molecular weight excluding hydrogens is 206 g/mol. The molecule has 1 aliphatic rings. The van der Waals surface area contributed by atoms with E-state index in [-0.39, 0.29) is 0 Å². The van der Waals surface area contributed by atoms with E-state index in [4.69, 9.17) is 0 Å². The van der Waals surface area contributed by atoms with Gasteiger partial charge in [0.1, 0.15) is 0 Å². The van der Waals surface area contributed by atoms with Crippen molar-refractivity contribution in [1.82, 2.24) is 4.98 Å². The summed E-state index contributed by atoms with van der Waals surface area (Å²) in [6.45, 7) is 9.25. The SMILES string of the molecule is CC(C)c1nccc2c1C(C(C)C)CCCC2. The largest absolute Gasteiger partial charge is 0.261 e. The van der Waals surface area contributed by atoms with E-state index < -0.39 is 0 Å². The second-order valence-corrected chi connectivity index (χ2v) is 6.02. The van der Waals surface area contributed by atoms with Crippen LogP contribution in [0.5, 0.6) is 0 Å². The molecule has 2 rings (SSSR count). The highest BCUT2D eigenvalue weighted by Gasteiger charge is 2.25. The van der Waals surface area contributed by atoms with Crippen molar-refractivity contribution in [3.63, 3.8) is 0 Å². The highest BCUT2D eigenvalue weighted by atomic mass is 14.7. The van der Waals surface area contributed by atoms with E-state index in [1.165, 1.54) is 31.4 Å². The summed E-state index contributed by atoms with van der Waals surface area (Å²) in [6, 6.07) is 2.25. The third-order valence-corrected chi connectivity index (χ3v) is 4.04. The molecule has 1 unspecified atom stereocenters. The second-order valence-electron chi connectivity index (χ2n) is 6.02. The van der Waals surface area contributed by atoms with E-state index in [1.807, 2.05) is 6.20 Å². The molecule has 1 aliphatic carbocycles. The average molecular weight is 231 g/mol. The molecular formula is C16H25N. The van der Waals surface area contributed by atoms with E-state index in [0.29, 0.717) is 5.92 Å². The van der Waals surface area contributed by atoms with Crippen molar-refractivity contribution in [2.75, 3.05) is 0 Å². The molecule has 0 amide bonds. The van der Waals surface area contributed by atoms with Gasteiger partial charge in [-0.05, 0) is 54.2 Å². The van der Waals surface area contributed by atoms with Crippen molar-refractivity contribution in [2.45, 2.75) is 65.2 Å². The van der Waals surface area contributed by atoms with Gasteiger partial charge in [0.25, 0.3) is 0 Å². The minimum Gasteiger partial charge on any atom is -0.261 e. The summed E-state index contributed by atoms with van der Waals surface area (Å²) < 4.78 is 0. The molecule has 0 bridgehead atoms. The van der Waals surface area contributed by atoms with Gasteiger partial charge >= 0.3 is 0 Å². The van der Waals surface area contributed by atoms with Crippen LogP contribution in [0.25, 0.3) is 0 Å². The molecule has 0 saturated carbocycles. The van der Waals surface area contributed by atoms with E-state index in [2.05, 4.69) is 38.7 Å². The van der Waals surface area contributed by atoms with Crippen molar-refractivity contribution in [2.24, 2.45) is 5.92 Å². The van der Waals surface area contributed by atoms with Gasteiger partial charge < -0.3 is 0 Å². The number of aromatic nitrogens is 1. The molecule has 1 aromatic heterocycles. The number of hydrogen-bond donors (Lipinski definition) is 0. The fraction of sp³-hybridized carbons (Fsp3) is 0.688. The monoisotopic (exact) mass is 231 g/mol. The van der Waals surface area contributed by atoms with Crippen molar-refractivity contribution in [1.29, 1.82) is 0 Å². The first-order valence-electron chi connectivity index (χ1n) is 7.09. The van der Waals surface area contributed by atoms with Crippen LogP contribution in [0.15, 0.2) is 12.3 Å². The van der Waals surface area contributed by atoms with Gasteiger partial charge in [0.2, 0.25) is 0 Å². The van der Waals surface area contributed by atoms with Crippen LogP contribution in [0.2, 0.25) is 0 Å². The van der Waals surface area contributed by atoms with Crippen LogP contribution in [0.1, 0.15) is 75.6 Å². The Labute approximate surface area is 106 Å². The molecule has 0 radical (unpaired) electrons. The number of hydrogen-bond acceptors (Lipinski definition) is 1. The quantitative estimate of drug-likeness (QED) is 0.674. The number of nitrogens with zero attached hydrogens (tertiary/aromatic N) is 1. The Kier molecular flexibility index (Phi) is 3.86. The fourth-order valence-electron chi connectivity index (χ4n) is 3.13. The molecule has 0 spiro atoms. The summed E-state index contributed by atoms with van der Waals surface area (Å²) in [5.74, 6) is 2.00. The van der Waals surface area contributed by atoms with Crippen molar-refractivity contribution < 1.29 is 0 Å². The molecule has 0 aromatic carbocycles. The first-order valence-corrected chi connectivity index (χ1v) is 7.09. The van der Waals surface area contributed by atoms with Gasteiger partial charge in [-0.25, -0.2) is 0 Å². The molecule has 0 fully saturated rings. The lowest BCUT2D eigenvalue weighted by molar-refractivity contribution is 0.455. The van der Waals surface area contributed by atoms with Crippen LogP contribution in [0.4, 0.5) is 0 Å². The van der Waals surface area contributed by atoms with Gasteiger partial charge in [-0.2, -0.15) is 0 Å². The zero-order valence-corrected chi connectivity index (χ0v) is 11.7. The lowest BCUT2D eigenvalue weighted by Crippen LogP contribution is -2.12.